The summed E-state index contributed by atoms with van der Waals surface area (Å²) in [6.45, 7) is 1.85. The molecular formula is C5H11N3. The van der Waals surface area contributed by atoms with E-state index >= 15 is 0 Å². The minimum absolute atomic E-state index is 0.660. The molecule has 0 atom stereocenters. The van der Waals surface area contributed by atoms with Crippen molar-refractivity contribution in [3.8, 4) is 0 Å². The highest BCUT2D eigenvalue weighted by Gasteiger charge is 1.80. The van der Waals surface area contributed by atoms with Gasteiger partial charge in [-0.25, -0.2) is 4.99 Å². The van der Waals surface area contributed by atoms with Crippen LogP contribution in [-0.4, -0.2) is 26.3 Å². The molecule has 0 aliphatic rings. The van der Waals surface area contributed by atoms with Gasteiger partial charge in [-0.3, -0.25) is 4.99 Å². The molecule has 0 aromatic carbocycles. The van der Waals surface area contributed by atoms with Gasteiger partial charge in [0.05, 0.1) is 0 Å². The lowest BCUT2D eigenvalue weighted by molar-refractivity contribution is 1.12. The minimum Gasteiger partial charge on any atom is -0.358 e. The number of hydrogen-bond acceptors (Lipinski definition) is 1. The summed E-state index contributed by atoms with van der Waals surface area (Å²) in [5.41, 5.74) is 0. The Morgan fingerprint density at radius 3 is 2.38 bits per heavy atom. The quantitative estimate of drug-likeness (QED) is 0.355. The monoisotopic (exact) mass is 113 g/mol. The third-order valence-corrected chi connectivity index (χ3v) is 0.687. The van der Waals surface area contributed by atoms with E-state index in [0.29, 0.717) is 5.96 Å². The van der Waals surface area contributed by atoms with Gasteiger partial charge < -0.3 is 5.32 Å². The van der Waals surface area contributed by atoms with Crippen LogP contribution in [0.1, 0.15) is 6.92 Å². The molecule has 0 fully saturated rings. The molecule has 0 aromatic rings. The fourth-order valence-electron chi connectivity index (χ4n) is 0.356. The van der Waals surface area contributed by atoms with Crippen LogP contribution in [-0.2, 0) is 0 Å². The maximum atomic E-state index is 3.88. The van der Waals surface area contributed by atoms with Crippen LogP contribution in [0, 0.1) is 0 Å². The molecule has 0 rings (SSSR count). The summed E-state index contributed by atoms with van der Waals surface area (Å²) in [7, 11) is 3.48. The standard InChI is InChI=1S/C5H11N3/c1-4-8-5(6-2)7-3/h4H,1-3H3,(H,6,7)/b8-4-. The zero-order chi connectivity index (χ0) is 6.41. The van der Waals surface area contributed by atoms with Gasteiger partial charge in [0, 0.05) is 20.3 Å². The number of hydrogen-bond donors (Lipinski definition) is 1. The lowest BCUT2D eigenvalue weighted by atomic mass is 10.8. The zero-order valence-corrected chi connectivity index (χ0v) is 5.47. The van der Waals surface area contributed by atoms with E-state index in [1.807, 2.05) is 6.92 Å². The first kappa shape index (κ1) is 7.14. The molecule has 3 heteroatoms. The van der Waals surface area contributed by atoms with Gasteiger partial charge in [-0.15, -0.1) is 0 Å². The molecule has 0 amide bonds. The summed E-state index contributed by atoms with van der Waals surface area (Å²) in [6.07, 6.45) is 1.69. The van der Waals surface area contributed by atoms with Crippen molar-refractivity contribution in [2.45, 2.75) is 6.92 Å². The van der Waals surface area contributed by atoms with Crippen LogP contribution in [0.2, 0.25) is 0 Å². The van der Waals surface area contributed by atoms with E-state index < -0.39 is 0 Å². The van der Waals surface area contributed by atoms with Crippen molar-refractivity contribution in [1.82, 2.24) is 5.32 Å². The second-order valence-corrected chi connectivity index (χ2v) is 1.18. The fraction of sp³-hybridized carbons (Fsp3) is 0.600. The Morgan fingerprint density at radius 1 is 1.62 bits per heavy atom. The Kier molecular flexibility index (Phi) is 3.84. The van der Waals surface area contributed by atoms with Crippen molar-refractivity contribution in [3.63, 3.8) is 0 Å². The number of aliphatic imine (C=N–C) groups is 2. The van der Waals surface area contributed by atoms with E-state index in [1.165, 1.54) is 0 Å². The summed E-state index contributed by atoms with van der Waals surface area (Å²) >= 11 is 0. The molecule has 8 heavy (non-hydrogen) atoms. The van der Waals surface area contributed by atoms with Gasteiger partial charge in [0.2, 0.25) is 5.96 Å². The molecule has 3 nitrogen and oxygen atoms in total. The highest BCUT2D eigenvalue weighted by molar-refractivity contribution is 5.86. The Balaban J connectivity index is 3.72. The number of rotatable bonds is 0. The van der Waals surface area contributed by atoms with Gasteiger partial charge in [-0.1, -0.05) is 0 Å². The minimum atomic E-state index is 0.660. The molecule has 0 heterocycles. The van der Waals surface area contributed by atoms with Gasteiger partial charge in [0.15, 0.2) is 0 Å². The SMILES string of the molecule is C/C=N\C(=NC)NC. The molecule has 0 saturated carbocycles. The highest BCUT2D eigenvalue weighted by atomic mass is 15.1. The second-order valence-electron chi connectivity index (χ2n) is 1.18. The zero-order valence-electron chi connectivity index (χ0n) is 5.47. The molecule has 0 spiro atoms. The lowest BCUT2D eigenvalue weighted by Gasteiger charge is -1.92. The van der Waals surface area contributed by atoms with Crippen LogP contribution in [0.3, 0.4) is 0 Å². The summed E-state index contributed by atoms with van der Waals surface area (Å²) in [4.78, 5) is 7.68. The molecule has 0 unspecified atom stereocenters. The first-order valence-corrected chi connectivity index (χ1v) is 2.48. The Bertz CT molecular complexity index is 101. The van der Waals surface area contributed by atoms with Crippen molar-refractivity contribution in [3.05, 3.63) is 0 Å². The van der Waals surface area contributed by atoms with Gasteiger partial charge in [0.25, 0.3) is 0 Å². The van der Waals surface area contributed by atoms with Crippen molar-refractivity contribution in [2.24, 2.45) is 9.98 Å². The Morgan fingerprint density at radius 2 is 2.25 bits per heavy atom. The van der Waals surface area contributed by atoms with Gasteiger partial charge >= 0.3 is 0 Å². The topological polar surface area (TPSA) is 36.8 Å². The largest absolute Gasteiger partial charge is 0.358 e. The van der Waals surface area contributed by atoms with Crippen molar-refractivity contribution >= 4 is 12.2 Å². The smallest absolute Gasteiger partial charge is 0.217 e. The Hall–Kier alpha value is -0.860. The average Bonchev–Trinajstić information content (AvgIpc) is 1.83. The average molecular weight is 113 g/mol. The lowest BCUT2D eigenvalue weighted by Crippen LogP contribution is -2.14. The maximum Gasteiger partial charge on any atom is 0.217 e. The molecular weight excluding hydrogens is 102 g/mol. The third kappa shape index (κ3) is 2.34. The molecule has 0 aliphatic carbocycles. The van der Waals surface area contributed by atoms with Crippen molar-refractivity contribution < 1.29 is 0 Å². The van der Waals surface area contributed by atoms with E-state index in [-0.39, 0.29) is 0 Å². The van der Waals surface area contributed by atoms with E-state index in [9.17, 15) is 0 Å². The molecule has 0 aromatic heterocycles. The molecule has 46 valence electrons. The molecule has 0 aliphatic heterocycles. The van der Waals surface area contributed by atoms with Crippen LogP contribution < -0.4 is 5.32 Å². The summed E-state index contributed by atoms with van der Waals surface area (Å²) in [5, 5.41) is 2.80. The maximum absolute atomic E-state index is 3.88. The van der Waals surface area contributed by atoms with E-state index in [2.05, 4.69) is 15.3 Å². The van der Waals surface area contributed by atoms with Crippen LogP contribution in [0.25, 0.3) is 0 Å². The highest BCUT2D eigenvalue weighted by Crippen LogP contribution is 1.68. The number of guanidine groups is 1. The number of nitrogens with one attached hydrogen (secondary N) is 1. The predicted molar refractivity (Wildman–Crippen MR) is 36.6 cm³/mol. The number of nitrogens with zero attached hydrogens (tertiary/aromatic N) is 2. The van der Waals surface area contributed by atoms with Gasteiger partial charge in [-0.2, -0.15) is 0 Å². The van der Waals surface area contributed by atoms with Crippen LogP contribution in [0.15, 0.2) is 9.98 Å². The third-order valence-electron chi connectivity index (χ3n) is 0.687. The molecule has 0 saturated heterocycles. The van der Waals surface area contributed by atoms with Crippen LogP contribution in [0.4, 0.5) is 0 Å². The summed E-state index contributed by atoms with van der Waals surface area (Å²) < 4.78 is 0. The van der Waals surface area contributed by atoms with Crippen LogP contribution in [0.5, 0.6) is 0 Å². The van der Waals surface area contributed by atoms with Gasteiger partial charge in [0.1, 0.15) is 0 Å². The summed E-state index contributed by atoms with van der Waals surface area (Å²) in [6, 6.07) is 0. The van der Waals surface area contributed by atoms with Crippen LogP contribution >= 0.6 is 0 Å². The van der Waals surface area contributed by atoms with E-state index in [0.717, 1.165) is 0 Å². The Labute approximate surface area is 49.5 Å². The molecule has 0 bridgehead atoms. The van der Waals surface area contributed by atoms with E-state index in [4.69, 9.17) is 0 Å². The normalized spacial score (nSPS) is 12.6. The summed E-state index contributed by atoms with van der Waals surface area (Å²) in [5.74, 6) is 0.660. The van der Waals surface area contributed by atoms with Crippen molar-refractivity contribution in [1.29, 1.82) is 0 Å². The van der Waals surface area contributed by atoms with E-state index in [1.54, 1.807) is 20.3 Å². The first-order chi connectivity index (χ1) is 3.85. The van der Waals surface area contributed by atoms with Gasteiger partial charge in [-0.05, 0) is 6.92 Å². The fourth-order valence-corrected chi connectivity index (χ4v) is 0.356. The molecule has 1 N–H and O–H groups in total. The first-order valence-electron chi connectivity index (χ1n) is 2.48. The van der Waals surface area contributed by atoms with Crippen molar-refractivity contribution in [2.75, 3.05) is 14.1 Å². The second kappa shape index (κ2) is 4.30. The predicted octanol–water partition coefficient (Wildman–Crippen LogP) is 0.282. The molecule has 0 radical (unpaired) electrons.